The Morgan fingerprint density at radius 3 is 2.20 bits per heavy atom. The minimum Gasteiger partial charge on any atom is -0.402 e. The van der Waals surface area contributed by atoms with Crippen LogP contribution >= 0.6 is 0 Å². The molecule has 1 unspecified atom stereocenters. The third kappa shape index (κ3) is 6.02. The van der Waals surface area contributed by atoms with Gasteiger partial charge in [-0.3, -0.25) is 0 Å². The summed E-state index contributed by atoms with van der Waals surface area (Å²) in [7, 11) is -3.77. The first-order valence-corrected chi connectivity index (χ1v) is 2.63. The Kier molecular flexibility index (Phi) is 4.62. The molecule has 0 radical (unpaired) electrons. The smallest absolute Gasteiger partial charge is 0.402 e. The SMILES string of the molecule is CC(N)OB(O)OB(O)O. The number of nitrogens with two attached hydrogens (primary N) is 1. The van der Waals surface area contributed by atoms with Crippen LogP contribution in [0.15, 0.2) is 0 Å². The fraction of sp³-hybridized carbons (Fsp3) is 1.00. The van der Waals surface area contributed by atoms with Crippen molar-refractivity contribution < 1.29 is 24.3 Å². The molecule has 0 rings (SSSR count). The molecule has 1 atom stereocenters. The summed E-state index contributed by atoms with van der Waals surface area (Å²) in [5, 5.41) is 24.7. The van der Waals surface area contributed by atoms with Crippen molar-refractivity contribution in [3.63, 3.8) is 0 Å². The van der Waals surface area contributed by atoms with E-state index >= 15 is 0 Å². The highest BCUT2D eigenvalue weighted by atomic mass is 16.7. The summed E-state index contributed by atoms with van der Waals surface area (Å²) in [5.41, 5.74) is 5.04. The van der Waals surface area contributed by atoms with Gasteiger partial charge in [0.15, 0.2) is 0 Å². The summed E-state index contributed by atoms with van der Waals surface area (Å²) in [6.07, 6.45) is -0.728. The number of hydrogen-bond acceptors (Lipinski definition) is 6. The van der Waals surface area contributed by atoms with Gasteiger partial charge in [-0.1, -0.05) is 0 Å². The van der Waals surface area contributed by atoms with Crippen LogP contribution in [0.25, 0.3) is 0 Å². The maximum atomic E-state index is 8.55. The van der Waals surface area contributed by atoms with E-state index in [1.165, 1.54) is 6.92 Å². The molecule has 10 heavy (non-hydrogen) atoms. The zero-order valence-corrected chi connectivity index (χ0v) is 5.47. The minimum atomic E-state index is -2.06. The molecule has 0 aliphatic rings. The molecular formula is C2H9B2NO5. The second kappa shape index (κ2) is 4.67. The predicted molar refractivity (Wildman–Crippen MR) is 34.0 cm³/mol. The molecule has 0 bridgehead atoms. The van der Waals surface area contributed by atoms with Crippen LogP contribution in [0.4, 0.5) is 0 Å². The second-order valence-corrected chi connectivity index (χ2v) is 1.61. The maximum absolute atomic E-state index is 8.55. The van der Waals surface area contributed by atoms with Crippen LogP contribution in [0.2, 0.25) is 0 Å². The fourth-order valence-electron chi connectivity index (χ4n) is 0.320. The van der Waals surface area contributed by atoms with Crippen LogP contribution in [0.5, 0.6) is 0 Å². The van der Waals surface area contributed by atoms with E-state index in [1.807, 2.05) is 0 Å². The van der Waals surface area contributed by atoms with Crippen LogP contribution in [0.1, 0.15) is 6.92 Å². The van der Waals surface area contributed by atoms with E-state index in [0.29, 0.717) is 0 Å². The standard InChI is InChI=1S/C2H9B2NO5/c1-2(5)9-4(8)10-3(6)7/h2,6-8H,5H2,1H3. The third-order valence-electron chi connectivity index (χ3n) is 0.569. The van der Waals surface area contributed by atoms with Crippen molar-refractivity contribution in [2.45, 2.75) is 13.2 Å². The van der Waals surface area contributed by atoms with Crippen LogP contribution < -0.4 is 5.73 Å². The van der Waals surface area contributed by atoms with Gasteiger partial charge in [0, 0.05) is 0 Å². The zero-order valence-electron chi connectivity index (χ0n) is 5.47. The van der Waals surface area contributed by atoms with E-state index in [0.717, 1.165) is 0 Å². The summed E-state index contributed by atoms with van der Waals surface area (Å²) >= 11 is 0. The molecule has 0 saturated carbocycles. The summed E-state index contributed by atoms with van der Waals surface area (Å²) in [5.74, 6) is 0. The van der Waals surface area contributed by atoms with E-state index in [-0.39, 0.29) is 0 Å². The molecule has 5 N–H and O–H groups in total. The molecule has 0 aromatic rings. The van der Waals surface area contributed by atoms with Crippen molar-refractivity contribution in [2.75, 3.05) is 0 Å². The zero-order chi connectivity index (χ0) is 8.15. The van der Waals surface area contributed by atoms with E-state index in [9.17, 15) is 0 Å². The van der Waals surface area contributed by atoms with Crippen LogP contribution in [0, 0.1) is 0 Å². The third-order valence-corrected chi connectivity index (χ3v) is 0.569. The highest BCUT2D eigenvalue weighted by molar-refractivity contribution is 6.49. The average molecular weight is 149 g/mol. The van der Waals surface area contributed by atoms with Gasteiger partial charge in [-0.25, -0.2) is 0 Å². The molecule has 0 aliphatic heterocycles. The Morgan fingerprint density at radius 1 is 1.40 bits per heavy atom. The molecule has 0 fully saturated rings. The van der Waals surface area contributed by atoms with Crippen molar-refractivity contribution in [2.24, 2.45) is 5.73 Å². The lowest BCUT2D eigenvalue weighted by atomic mass is 10.1. The van der Waals surface area contributed by atoms with E-state index in [1.54, 1.807) is 0 Å². The molecular weight excluding hydrogens is 140 g/mol. The van der Waals surface area contributed by atoms with E-state index < -0.39 is 20.9 Å². The maximum Gasteiger partial charge on any atom is 0.625 e. The largest absolute Gasteiger partial charge is 0.625 e. The number of rotatable bonds is 4. The molecule has 0 aliphatic carbocycles. The van der Waals surface area contributed by atoms with Gasteiger partial charge in [0.1, 0.15) is 0 Å². The van der Waals surface area contributed by atoms with Crippen molar-refractivity contribution >= 4 is 14.6 Å². The Morgan fingerprint density at radius 2 is 1.90 bits per heavy atom. The summed E-state index contributed by atoms with van der Waals surface area (Å²) < 4.78 is 8.28. The van der Waals surface area contributed by atoms with Gasteiger partial charge in [-0.05, 0) is 6.92 Å². The van der Waals surface area contributed by atoms with Crippen LogP contribution in [0.3, 0.4) is 0 Å². The molecule has 0 heterocycles. The Labute approximate surface area is 58.9 Å². The fourth-order valence-corrected chi connectivity index (χ4v) is 0.320. The normalized spacial score (nSPS) is 12.9. The molecule has 0 aromatic heterocycles. The quantitative estimate of drug-likeness (QED) is 0.255. The molecule has 0 saturated heterocycles. The van der Waals surface area contributed by atoms with Crippen LogP contribution in [-0.2, 0) is 9.23 Å². The topological polar surface area (TPSA) is 105 Å². The lowest BCUT2D eigenvalue weighted by Crippen LogP contribution is -2.37. The van der Waals surface area contributed by atoms with Crippen molar-refractivity contribution in [1.82, 2.24) is 0 Å². The molecule has 0 aromatic carbocycles. The highest BCUT2D eigenvalue weighted by Crippen LogP contribution is 1.87. The summed E-state index contributed by atoms with van der Waals surface area (Å²) in [4.78, 5) is 0. The summed E-state index contributed by atoms with van der Waals surface area (Å²) in [6, 6.07) is 0. The first kappa shape index (κ1) is 9.89. The molecule has 6 nitrogen and oxygen atoms in total. The Hall–Kier alpha value is -0.110. The van der Waals surface area contributed by atoms with Gasteiger partial charge in [0.25, 0.3) is 0 Å². The average Bonchev–Trinajstić information content (AvgIpc) is 1.58. The lowest BCUT2D eigenvalue weighted by Gasteiger charge is -2.09. The lowest BCUT2D eigenvalue weighted by molar-refractivity contribution is 0.121. The summed E-state index contributed by atoms with van der Waals surface area (Å²) in [6.45, 7) is 1.45. The van der Waals surface area contributed by atoms with Gasteiger partial charge in [-0.15, -0.1) is 0 Å². The molecule has 8 heteroatoms. The molecule has 0 amide bonds. The van der Waals surface area contributed by atoms with Gasteiger partial charge in [0.2, 0.25) is 0 Å². The predicted octanol–water partition coefficient (Wildman–Crippen LogP) is -2.73. The van der Waals surface area contributed by atoms with E-state index in [4.69, 9.17) is 20.8 Å². The molecule has 0 spiro atoms. The minimum absolute atomic E-state index is 0.728. The Bertz CT molecular complexity index is 79.7. The monoisotopic (exact) mass is 149 g/mol. The van der Waals surface area contributed by atoms with Crippen LogP contribution in [-0.4, -0.2) is 35.9 Å². The van der Waals surface area contributed by atoms with Crippen molar-refractivity contribution in [3.8, 4) is 0 Å². The first-order valence-electron chi connectivity index (χ1n) is 2.63. The first-order chi connectivity index (χ1) is 4.52. The van der Waals surface area contributed by atoms with E-state index in [2.05, 4.69) is 9.23 Å². The van der Waals surface area contributed by atoms with Crippen molar-refractivity contribution in [3.05, 3.63) is 0 Å². The number of hydrogen-bond donors (Lipinski definition) is 4. The van der Waals surface area contributed by atoms with Gasteiger partial charge in [-0.2, -0.15) is 0 Å². The van der Waals surface area contributed by atoms with Gasteiger partial charge < -0.3 is 30.0 Å². The molecule has 58 valence electrons. The highest BCUT2D eigenvalue weighted by Gasteiger charge is 2.24. The van der Waals surface area contributed by atoms with Crippen molar-refractivity contribution in [1.29, 1.82) is 0 Å². The van der Waals surface area contributed by atoms with Gasteiger partial charge in [0.05, 0.1) is 6.23 Å². The Balaban J connectivity index is 3.34. The second-order valence-electron chi connectivity index (χ2n) is 1.61. The van der Waals surface area contributed by atoms with Gasteiger partial charge >= 0.3 is 14.6 Å².